The van der Waals surface area contributed by atoms with E-state index in [0.29, 0.717) is 24.1 Å². The number of nitrogens with zero attached hydrogens (tertiary/aromatic N) is 4. The van der Waals surface area contributed by atoms with Crippen LogP contribution in [-0.2, 0) is 6.54 Å². The molecule has 1 N–H and O–H groups in total. The summed E-state index contributed by atoms with van der Waals surface area (Å²) in [5.74, 6) is 0.770. The van der Waals surface area contributed by atoms with Gasteiger partial charge in [0.15, 0.2) is 0 Å². The van der Waals surface area contributed by atoms with Gasteiger partial charge in [-0.2, -0.15) is 0 Å². The SMILES string of the molecule is O=[N+]([O-])c1c(Cl)cc(C2CC2)nc1Cl.O=[N+]([O-])c1c(NCc2ccccc2)cc(C2CC2)nc1Cl. The summed E-state index contributed by atoms with van der Waals surface area (Å²) in [4.78, 5) is 28.7. The van der Waals surface area contributed by atoms with Crippen molar-refractivity contribution in [2.45, 2.75) is 44.1 Å². The number of pyridine rings is 2. The first-order chi connectivity index (χ1) is 16.7. The van der Waals surface area contributed by atoms with Crippen molar-refractivity contribution in [1.82, 2.24) is 9.97 Å². The van der Waals surface area contributed by atoms with Gasteiger partial charge < -0.3 is 5.32 Å². The molecular formula is C23H20Cl3N5O4. The van der Waals surface area contributed by atoms with Gasteiger partial charge in [-0.1, -0.05) is 65.1 Å². The predicted molar refractivity (Wildman–Crippen MR) is 135 cm³/mol. The Balaban J connectivity index is 0.000000179. The van der Waals surface area contributed by atoms with Crippen LogP contribution in [0.4, 0.5) is 17.1 Å². The zero-order valence-electron chi connectivity index (χ0n) is 18.3. The highest BCUT2D eigenvalue weighted by Gasteiger charge is 2.30. The van der Waals surface area contributed by atoms with Crippen molar-refractivity contribution in [2.75, 3.05) is 5.32 Å². The van der Waals surface area contributed by atoms with Crippen LogP contribution in [-0.4, -0.2) is 19.8 Å². The Labute approximate surface area is 215 Å². The average Bonchev–Trinajstić information content (AvgIpc) is 3.70. The van der Waals surface area contributed by atoms with Gasteiger partial charge in [-0.3, -0.25) is 20.2 Å². The van der Waals surface area contributed by atoms with Crippen molar-refractivity contribution < 1.29 is 9.85 Å². The number of anilines is 1. The van der Waals surface area contributed by atoms with E-state index in [4.69, 9.17) is 34.8 Å². The molecule has 2 aliphatic rings. The molecule has 0 aliphatic heterocycles. The fourth-order valence-corrected chi connectivity index (χ4v) is 4.32. The van der Waals surface area contributed by atoms with Crippen molar-refractivity contribution in [1.29, 1.82) is 0 Å². The molecular weight excluding hydrogens is 517 g/mol. The maximum Gasteiger partial charge on any atom is 0.329 e. The number of aromatic nitrogens is 2. The second-order valence-corrected chi connectivity index (χ2v) is 9.43. The molecule has 1 aromatic carbocycles. The summed E-state index contributed by atoms with van der Waals surface area (Å²) in [6, 6.07) is 13.0. The molecule has 2 heterocycles. The maximum absolute atomic E-state index is 11.2. The van der Waals surface area contributed by atoms with E-state index >= 15 is 0 Å². The quantitative estimate of drug-likeness (QED) is 0.191. The van der Waals surface area contributed by atoms with E-state index in [9.17, 15) is 20.2 Å². The van der Waals surface area contributed by atoms with Crippen LogP contribution in [0.25, 0.3) is 0 Å². The average molecular weight is 537 g/mol. The minimum atomic E-state index is -0.617. The number of hydrogen-bond acceptors (Lipinski definition) is 7. The first kappa shape index (κ1) is 25.1. The van der Waals surface area contributed by atoms with Crippen LogP contribution in [0.2, 0.25) is 15.3 Å². The van der Waals surface area contributed by atoms with Crippen molar-refractivity contribution in [2.24, 2.45) is 0 Å². The van der Waals surface area contributed by atoms with E-state index in [0.717, 1.165) is 42.6 Å². The molecule has 0 radical (unpaired) electrons. The lowest BCUT2D eigenvalue weighted by Gasteiger charge is -2.10. The molecule has 0 amide bonds. The van der Waals surface area contributed by atoms with Gasteiger partial charge in [0.2, 0.25) is 10.3 Å². The summed E-state index contributed by atoms with van der Waals surface area (Å²) in [5.41, 5.74) is 2.61. The lowest BCUT2D eigenvalue weighted by molar-refractivity contribution is -0.384. The van der Waals surface area contributed by atoms with E-state index < -0.39 is 9.85 Å². The Morgan fingerprint density at radius 2 is 1.34 bits per heavy atom. The van der Waals surface area contributed by atoms with E-state index in [1.165, 1.54) is 6.07 Å². The third-order valence-electron chi connectivity index (χ3n) is 5.58. The first-order valence-corrected chi connectivity index (χ1v) is 12.0. The summed E-state index contributed by atoms with van der Waals surface area (Å²) < 4.78 is 0. The van der Waals surface area contributed by atoms with Crippen LogP contribution in [0, 0.1) is 20.2 Å². The normalized spacial score (nSPS) is 14.6. The summed E-state index contributed by atoms with van der Waals surface area (Å²) >= 11 is 17.4. The molecule has 12 heteroatoms. The number of nitro groups is 2. The van der Waals surface area contributed by atoms with Gasteiger partial charge in [0, 0.05) is 29.8 Å². The molecule has 2 aromatic heterocycles. The number of hydrogen-bond donors (Lipinski definition) is 1. The summed E-state index contributed by atoms with van der Waals surface area (Å²) in [6.07, 6.45) is 4.24. The van der Waals surface area contributed by atoms with Crippen LogP contribution in [0.15, 0.2) is 42.5 Å². The Morgan fingerprint density at radius 3 is 1.83 bits per heavy atom. The fraction of sp³-hybridized carbons (Fsp3) is 0.304. The van der Waals surface area contributed by atoms with Crippen LogP contribution in [0.1, 0.15) is 54.5 Å². The van der Waals surface area contributed by atoms with Gasteiger partial charge in [-0.05, 0) is 43.4 Å². The number of benzene rings is 1. The molecule has 0 unspecified atom stereocenters. The molecule has 0 saturated heterocycles. The lowest BCUT2D eigenvalue weighted by Crippen LogP contribution is -2.05. The monoisotopic (exact) mass is 535 g/mol. The molecule has 35 heavy (non-hydrogen) atoms. The standard InChI is InChI=1S/C15H14ClN3O2.C8H6Cl2N2O2/c16-15-14(19(20)21)13(8-12(18-15)11-6-7-11)17-9-10-4-2-1-3-5-10;9-5-3-6(4-1-2-4)11-8(10)7(5)12(13)14/h1-5,8,11H,6-7,9H2,(H,17,18);3-4H,1-2H2. The minimum Gasteiger partial charge on any atom is -0.375 e. The maximum atomic E-state index is 11.2. The van der Waals surface area contributed by atoms with Crippen LogP contribution in [0.3, 0.4) is 0 Å². The van der Waals surface area contributed by atoms with Crippen molar-refractivity contribution >= 4 is 51.9 Å². The van der Waals surface area contributed by atoms with Crippen LogP contribution >= 0.6 is 34.8 Å². The minimum absolute atomic E-state index is 0.0417. The second-order valence-electron chi connectivity index (χ2n) is 8.30. The third-order valence-corrected chi connectivity index (χ3v) is 6.39. The largest absolute Gasteiger partial charge is 0.375 e. The molecule has 2 saturated carbocycles. The highest BCUT2D eigenvalue weighted by atomic mass is 35.5. The fourth-order valence-electron chi connectivity index (χ4n) is 3.46. The summed E-state index contributed by atoms with van der Waals surface area (Å²) in [6.45, 7) is 0.506. The molecule has 2 aliphatic carbocycles. The van der Waals surface area contributed by atoms with E-state index in [1.807, 2.05) is 30.3 Å². The van der Waals surface area contributed by atoms with Crippen molar-refractivity contribution in [3.05, 3.63) is 95.0 Å². The topological polar surface area (TPSA) is 124 Å². The number of halogens is 3. The lowest BCUT2D eigenvalue weighted by atomic mass is 10.2. The zero-order chi connectivity index (χ0) is 25.1. The smallest absolute Gasteiger partial charge is 0.329 e. The van der Waals surface area contributed by atoms with Gasteiger partial charge in [0.25, 0.3) is 0 Å². The Kier molecular flexibility index (Phi) is 7.69. The Bertz CT molecular complexity index is 1240. The van der Waals surface area contributed by atoms with Gasteiger partial charge >= 0.3 is 11.4 Å². The molecule has 9 nitrogen and oxygen atoms in total. The number of nitrogens with one attached hydrogen (secondary N) is 1. The first-order valence-electron chi connectivity index (χ1n) is 10.9. The van der Waals surface area contributed by atoms with Crippen molar-refractivity contribution in [3.63, 3.8) is 0 Å². The van der Waals surface area contributed by atoms with Crippen LogP contribution in [0.5, 0.6) is 0 Å². The molecule has 0 atom stereocenters. The molecule has 182 valence electrons. The molecule has 0 bridgehead atoms. The zero-order valence-corrected chi connectivity index (χ0v) is 20.6. The summed E-state index contributed by atoms with van der Waals surface area (Å²) in [5, 5.41) is 24.7. The molecule has 3 aromatic rings. The van der Waals surface area contributed by atoms with E-state index in [-0.39, 0.29) is 26.7 Å². The van der Waals surface area contributed by atoms with Gasteiger partial charge in [-0.15, -0.1) is 0 Å². The van der Waals surface area contributed by atoms with E-state index in [1.54, 1.807) is 6.07 Å². The molecule has 0 spiro atoms. The molecule has 5 rings (SSSR count). The highest BCUT2D eigenvalue weighted by molar-refractivity contribution is 6.37. The summed E-state index contributed by atoms with van der Waals surface area (Å²) in [7, 11) is 0. The Hall–Kier alpha value is -3.01. The van der Waals surface area contributed by atoms with Crippen molar-refractivity contribution in [3.8, 4) is 0 Å². The van der Waals surface area contributed by atoms with Gasteiger partial charge in [-0.25, -0.2) is 9.97 Å². The highest BCUT2D eigenvalue weighted by Crippen LogP contribution is 2.44. The number of rotatable bonds is 7. The van der Waals surface area contributed by atoms with E-state index in [2.05, 4.69) is 15.3 Å². The molecule has 2 fully saturated rings. The second kappa shape index (κ2) is 10.7. The predicted octanol–water partition coefficient (Wildman–Crippen LogP) is 7.31. The van der Waals surface area contributed by atoms with Gasteiger partial charge in [0.05, 0.1) is 9.85 Å². The van der Waals surface area contributed by atoms with Gasteiger partial charge in [0.1, 0.15) is 10.7 Å². The van der Waals surface area contributed by atoms with Crippen LogP contribution < -0.4 is 5.32 Å². The Morgan fingerprint density at radius 1 is 0.829 bits per heavy atom. The third kappa shape index (κ3) is 6.36.